The van der Waals surface area contributed by atoms with Gasteiger partial charge in [-0.3, -0.25) is 4.79 Å². The third-order valence-corrected chi connectivity index (χ3v) is 4.44. The van der Waals surface area contributed by atoms with Crippen LogP contribution >= 0.6 is 12.4 Å². The van der Waals surface area contributed by atoms with E-state index in [9.17, 15) is 13.2 Å². The lowest BCUT2D eigenvalue weighted by Gasteiger charge is -2.36. The first-order chi connectivity index (χ1) is 10.5. The van der Waals surface area contributed by atoms with Crippen LogP contribution in [0.2, 0.25) is 0 Å². The maximum atomic E-state index is 12.4. The van der Waals surface area contributed by atoms with E-state index in [1.165, 1.54) is 0 Å². The SMILES string of the molecule is CS(=O)(=O)NCC1CCCCN1C(=O)CNc1ccccc1.Cl. The minimum atomic E-state index is -3.23. The van der Waals surface area contributed by atoms with Crippen molar-refractivity contribution in [3.8, 4) is 0 Å². The highest BCUT2D eigenvalue weighted by atomic mass is 35.5. The number of benzene rings is 1. The van der Waals surface area contributed by atoms with Crippen LogP contribution in [-0.4, -0.2) is 51.2 Å². The molecule has 1 amide bonds. The van der Waals surface area contributed by atoms with Gasteiger partial charge in [-0.2, -0.15) is 0 Å². The number of likely N-dealkylation sites (tertiary alicyclic amines) is 1. The number of carbonyl (C=O) groups excluding carboxylic acids is 1. The van der Waals surface area contributed by atoms with E-state index in [0.29, 0.717) is 6.54 Å². The summed E-state index contributed by atoms with van der Waals surface area (Å²) in [6.07, 6.45) is 3.96. The van der Waals surface area contributed by atoms with Crippen molar-refractivity contribution in [1.29, 1.82) is 0 Å². The number of hydrogen-bond donors (Lipinski definition) is 2. The van der Waals surface area contributed by atoms with Crippen molar-refractivity contribution in [2.75, 3.05) is 31.2 Å². The van der Waals surface area contributed by atoms with Crippen molar-refractivity contribution < 1.29 is 13.2 Å². The molecule has 1 atom stereocenters. The van der Waals surface area contributed by atoms with E-state index < -0.39 is 10.0 Å². The number of para-hydroxylation sites is 1. The van der Waals surface area contributed by atoms with Crippen LogP contribution in [0.25, 0.3) is 0 Å². The zero-order valence-electron chi connectivity index (χ0n) is 13.2. The number of piperidine rings is 1. The molecule has 130 valence electrons. The molecule has 1 fully saturated rings. The second-order valence-electron chi connectivity index (χ2n) is 5.58. The molecule has 1 aliphatic heterocycles. The minimum Gasteiger partial charge on any atom is -0.376 e. The van der Waals surface area contributed by atoms with Crippen molar-refractivity contribution in [1.82, 2.24) is 9.62 Å². The molecule has 0 bridgehead atoms. The molecule has 23 heavy (non-hydrogen) atoms. The molecule has 1 aromatic rings. The fourth-order valence-corrected chi connectivity index (χ4v) is 3.12. The van der Waals surface area contributed by atoms with Gasteiger partial charge in [-0.05, 0) is 31.4 Å². The number of nitrogens with zero attached hydrogens (tertiary/aromatic N) is 1. The molecule has 1 aromatic carbocycles. The summed E-state index contributed by atoms with van der Waals surface area (Å²) in [7, 11) is -3.23. The van der Waals surface area contributed by atoms with Gasteiger partial charge in [0.25, 0.3) is 0 Å². The van der Waals surface area contributed by atoms with Gasteiger partial charge in [0.2, 0.25) is 15.9 Å². The van der Waals surface area contributed by atoms with Gasteiger partial charge in [0, 0.05) is 24.8 Å². The Hall–Kier alpha value is -1.31. The number of sulfonamides is 1. The summed E-state index contributed by atoms with van der Waals surface area (Å²) in [6.45, 7) is 1.20. The fraction of sp³-hybridized carbons (Fsp3) is 0.533. The molecule has 1 unspecified atom stereocenters. The molecule has 0 aromatic heterocycles. The van der Waals surface area contributed by atoms with E-state index in [2.05, 4.69) is 10.0 Å². The van der Waals surface area contributed by atoms with Crippen LogP contribution in [0, 0.1) is 0 Å². The Labute approximate surface area is 144 Å². The number of hydrogen-bond acceptors (Lipinski definition) is 4. The zero-order chi connectivity index (χ0) is 16.0. The van der Waals surface area contributed by atoms with Crippen molar-refractivity contribution >= 4 is 34.0 Å². The van der Waals surface area contributed by atoms with Gasteiger partial charge in [0.15, 0.2) is 0 Å². The van der Waals surface area contributed by atoms with Gasteiger partial charge in [-0.25, -0.2) is 13.1 Å². The summed E-state index contributed by atoms with van der Waals surface area (Å²) < 4.78 is 25.0. The van der Waals surface area contributed by atoms with Crippen LogP contribution in [0.4, 0.5) is 5.69 Å². The van der Waals surface area contributed by atoms with Crippen molar-refractivity contribution in [3.05, 3.63) is 30.3 Å². The van der Waals surface area contributed by atoms with Gasteiger partial charge < -0.3 is 10.2 Å². The molecule has 0 saturated carbocycles. The largest absolute Gasteiger partial charge is 0.376 e. The number of carbonyl (C=O) groups is 1. The first-order valence-electron chi connectivity index (χ1n) is 7.49. The van der Waals surface area contributed by atoms with Crippen molar-refractivity contribution in [2.45, 2.75) is 25.3 Å². The smallest absolute Gasteiger partial charge is 0.242 e. The molecular weight excluding hydrogens is 338 g/mol. The predicted molar refractivity (Wildman–Crippen MR) is 94.4 cm³/mol. The molecule has 6 nitrogen and oxygen atoms in total. The molecule has 1 saturated heterocycles. The fourth-order valence-electron chi connectivity index (χ4n) is 2.62. The van der Waals surface area contributed by atoms with E-state index in [1.54, 1.807) is 4.90 Å². The second-order valence-corrected chi connectivity index (χ2v) is 7.41. The Morgan fingerprint density at radius 1 is 1.26 bits per heavy atom. The lowest BCUT2D eigenvalue weighted by atomic mass is 10.0. The molecule has 0 aliphatic carbocycles. The molecule has 2 rings (SSSR count). The Morgan fingerprint density at radius 3 is 2.61 bits per heavy atom. The highest BCUT2D eigenvalue weighted by Gasteiger charge is 2.26. The predicted octanol–water partition coefficient (Wildman–Crippen LogP) is 1.45. The molecule has 0 spiro atoms. The first kappa shape index (κ1) is 19.7. The summed E-state index contributed by atoms with van der Waals surface area (Å²) in [5.74, 6) is 0.00357. The van der Waals surface area contributed by atoms with Gasteiger partial charge in [0.05, 0.1) is 12.8 Å². The number of rotatable bonds is 6. The quantitative estimate of drug-likeness (QED) is 0.803. The van der Waals surface area contributed by atoms with Gasteiger partial charge in [-0.1, -0.05) is 18.2 Å². The Balaban J connectivity index is 0.00000264. The van der Waals surface area contributed by atoms with Gasteiger partial charge in [0.1, 0.15) is 0 Å². The van der Waals surface area contributed by atoms with Crippen LogP contribution in [0.5, 0.6) is 0 Å². The second kappa shape index (κ2) is 9.10. The number of anilines is 1. The van der Waals surface area contributed by atoms with Crippen LogP contribution < -0.4 is 10.0 Å². The monoisotopic (exact) mass is 361 g/mol. The van der Waals surface area contributed by atoms with Crippen LogP contribution in [0.15, 0.2) is 30.3 Å². The maximum Gasteiger partial charge on any atom is 0.242 e. The average molecular weight is 362 g/mol. The number of halogens is 1. The van der Waals surface area contributed by atoms with E-state index in [0.717, 1.165) is 31.2 Å². The third kappa shape index (κ3) is 6.76. The van der Waals surface area contributed by atoms with Gasteiger partial charge >= 0.3 is 0 Å². The lowest BCUT2D eigenvalue weighted by molar-refractivity contribution is -0.132. The zero-order valence-corrected chi connectivity index (χ0v) is 14.8. The Bertz CT molecular complexity index is 595. The van der Waals surface area contributed by atoms with E-state index in [-0.39, 0.29) is 37.4 Å². The molecule has 2 N–H and O–H groups in total. The molecule has 1 aliphatic rings. The molecule has 0 radical (unpaired) electrons. The highest BCUT2D eigenvalue weighted by molar-refractivity contribution is 7.88. The summed E-state index contributed by atoms with van der Waals surface area (Å²) in [5.41, 5.74) is 0.902. The van der Waals surface area contributed by atoms with Gasteiger partial charge in [-0.15, -0.1) is 12.4 Å². The Morgan fingerprint density at radius 2 is 1.96 bits per heavy atom. The van der Waals surface area contributed by atoms with E-state index >= 15 is 0 Å². The minimum absolute atomic E-state index is 0. The number of amides is 1. The van der Waals surface area contributed by atoms with E-state index in [4.69, 9.17) is 0 Å². The summed E-state index contributed by atoms with van der Waals surface area (Å²) in [4.78, 5) is 14.2. The van der Waals surface area contributed by atoms with Crippen molar-refractivity contribution in [3.63, 3.8) is 0 Å². The molecule has 1 heterocycles. The van der Waals surface area contributed by atoms with Crippen LogP contribution in [-0.2, 0) is 14.8 Å². The third-order valence-electron chi connectivity index (χ3n) is 3.75. The maximum absolute atomic E-state index is 12.4. The summed E-state index contributed by atoms with van der Waals surface area (Å²) in [5, 5.41) is 3.10. The Kier molecular flexibility index (Phi) is 7.81. The van der Waals surface area contributed by atoms with Crippen LogP contribution in [0.3, 0.4) is 0 Å². The first-order valence-corrected chi connectivity index (χ1v) is 9.38. The molecular formula is C15H24ClN3O3S. The average Bonchev–Trinajstić information content (AvgIpc) is 2.51. The molecule has 8 heteroatoms. The van der Waals surface area contributed by atoms with Crippen LogP contribution in [0.1, 0.15) is 19.3 Å². The normalized spacial score (nSPS) is 18.1. The summed E-state index contributed by atoms with van der Waals surface area (Å²) in [6, 6.07) is 9.50. The highest BCUT2D eigenvalue weighted by Crippen LogP contribution is 2.17. The topological polar surface area (TPSA) is 78.5 Å². The van der Waals surface area contributed by atoms with E-state index in [1.807, 2.05) is 30.3 Å². The lowest BCUT2D eigenvalue weighted by Crippen LogP contribution is -2.50. The number of nitrogens with one attached hydrogen (secondary N) is 2. The standard InChI is InChI=1S/C15H23N3O3S.ClH/c1-22(20,21)17-11-14-9-5-6-10-18(14)15(19)12-16-13-7-3-2-4-8-13;/h2-4,7-8,14,16-17H,5-6,9-12H2,1H3;1H. The van der Waals surface area contributed by atoms with Crippen molar-refractivity contribution in [2.24, 2.45) is 0 Å². The summed E-state index contributed by atoms with van der Waals surface area (Å²) >= 11 is 0.